The molecule has 1 unspecified atom stereocenters. The Morgan fingerprint density at radius 1 is 1.13 bits per heavy atom. The largest absolute Gasteiger partial charge is 0.394 e. The SMILES string of the molecule is NC(CO)c1ccc(-c2cccc(N3CCC(F)(F)C3)c2)cc1. The summed E-state index contributed by atoms with van der Waals surface area (Å²) in [7, 11) is 0. The van der Waals surface area contributed by atoms with Crippen LogP contribution in [0, 0.1) is 0 Å². The van der Waals surface area contributed by atoms with Gasteiger partial charge in [0.1, 0.15) is 0 Å². The normalized spacial score (nSPS) is 18.2. The molecule has 1 aliphatic heterocycles. The molecule has 3 N–H and O–H groups in total. The first kappa shape index (κ1) is 15.9. The molecule has 2 aromatic carbocycles. The Morgan fingerprint density at radius 2 is 1.87 bits per heavy atom. The quantitative estimate of drug-likeness (QED) is 0.910. The molecule has 0 radical (unpaired) electrons. The third kappa shape index (κ3) is 3.51. The van der Waals surface area contributed by atoms with Crippen molar-refractivity contribution in [2.75, 3.05) is 24.6 Å². The number of alkyl halides is 2. The van der Waals surface area contributed by atoms with Crippen LogP contribution >= 0.6 is 0 Å². The van der Waals surface area contributed by atoms with E-state index in [4.69, 9.17) is 10.8 Å². The van der Waals surface area contributed by atoms with Crippen LogP contribution in [0.3, 0.4) is 0 Å². The van der Waals surface area contributed by atoms with Crippen LogP contribution in [0.1, 0.15) is 18.0 Å². The van der Waals surface area contributed by atoms with E-state index in [0.29, 0.717) is 6.54 Å². The highest BCUT2D eigenvalue weighted by Gasteiger charge is 2.38. The zero-order valence-electron chi connectivity index (χ0n) is 12.8. The van der Waals surface area contributed by atoms with Crippen LogP contribution in [0.2, 0.25) is 0 Å². The van der Waals surface area contributed by atoms with Gasteiger partial charge in [0.15, 0.2) is 0 Å². The number of anilines is 1. The van der Waals surface area contributed by atoms with Crippen LogP contribution in [0.25, 0.3) is 11.1 Å². The number of benzene rings is 2. The Balaban J connectivity index is 1.82. The van der Waals surface area contributed by atoms with E-state index >= 15 is 0 Å². The number of hydrogen-bond donors (Lipinski definition) is 2. The zero-order chi connectivity index (χ0) is 16.4. The maximum Gasteiger partial charge on any atom is 0.266 e. The summed E-state index contributed by atoms with van der Waals surface area (Å²) in [6.45, 7) is 0.0551. The molecule has 3 rings (SSSR count). The lowest BCUT2D eigenvalue weighted by Crippen LogP contribution is -2.24. The van der Waals surface area contributed by atoms with Crippen molar-refractivity contribution in [2.45, 2.75) is 18.4 Å². The Kier molecular flexibility index (Phi) is 4.33. The monoisotopic (exact) mass is 318 g/mol. The summed E-state index contributed by atoms with van der Waals surface area (Å²) in [5.74, 6) is -2.60. The molecule has 0 aliphatic carbocycles. The van der Waals surface area contributed by atoms with E-state index in [1.54, 1.807) is 4.90 Å². The summed E-state index contributed by atoms with van der Waals surface area (Å²) in [4.78, 5) is 1.72. The molecule has 1 heterocycles. The molecule has 23 heavy (non-hydrogen) atoms. The number of nitrogens with two attached hydrogens (primary N) is 1. The van der Waals surface area contributed by atoms with Crippen LogP contribution in [0.15, 0.2) is 48.5 Å². The lowest BCUT2D eigenvalue weighted by atomic mass is 10.0. The second-order valence-corrected chi connectivity index (χ2v) is 5.99. The highest BCUT2D eigenvalue weighted by Crippen LogP contribution is 2.33. The van der Waals surface area contributed by atoms with Crippen molar-refractivity contribution < 1.29 is 13.9 Å². The number of rotatable bonds is 4. The highest BCUT2D eigenvalue weighted by molar-refractivity contribution is 5.69. The number of aliphatic hydroxyl groups excluding tert-OH is 1. The van der Waals surface area contributed by atoms with Crippen LogP contribution < -0.4 is 10.6 Å². The third-order valence-electron chi connectivity index (χ3n) is 4.25. The summed E-state index contributed by atoms with van der Waals surface area (Å²) in [6.07, 6.45) is -0.0923. The lowest BCUT2D eigenvalue weighted by molar-refractivity contribution is 0.0257. The molecule has 0 saturated carbocycles. The number of nitrogens with zero attached hydrogens (tertiary/aromatic N) is 1. The molecule has 0 bridgehead atoms. The van der Waals surface area contributed by atoms with Crippen molar-refractivity contribution in [3.63, 3.8) is 0 Å². The zero-order valence-corrected chi connectivity index (χ0v) is 12.8. The van der Waals surface area contributed by atoms with Crippen LogP contribution in [0.4, 0.5) is 14.5 Å². The van der Waals surface area contributed by atoms with Crippen molar-refractivity contribution >= 4 is 5.69 Å². The summed E-state index contributed by atoms with van der Waals surface area (Å²) in [6, 6.07) is 14.9. The molecule has 2 aromatic rings. The highest BCUT2D eigenvalue weighted by atomic mass is 19.3. The minimum absolute atomic E-state index is 0.0923. The molecule has 0 spiro atoms. The van der Waals surface area contributed by atoms with Crippen molar-refractivity contribution in [1.29, 1.82) is 0 Å². The summed E-state index contributed by atoms with van der Waals surface area (Å²) in [5.41, 5.74) is 9.44. The number of halogens is 2. The minimum atomic E-state index is -2.60. The molecule has 0 aromatic heterocycles. The van der Waals surface area contributed by atoms with Gasteiger partial charge < -0.3 is 15.7 Å². The minimum Gasteiger partial charge on any atom is -0.394 e. The Bertz CT molecular complexity index is 673. The van der Waals surface area contributed by atoms with Gasteiger partial charge >= 0.3 is 0 Å². The van der Waals surface area contributed by atoms with Crippen molar-refractivity contribution in [1.82, 2.24) is 0 Å². The number of hydrogen-bond acceptors (Lipinski definition) is 3. The van der Waals surface area contributed by atoms with Gasteiger partial charge in [-0.1, -0.05) is 36.4 Å². The van der Waals surface area contributed by atoms with Crippen LogP contribution in [-0.4, -0.2) is 30.7 Å². The van der Waals surface area contributed by atoms with Crippen LogP contribution in [0.5, 0.6) is 0 Å². The smallest absolute Gasteiger partial charge is 0.266 e. The van der Waals surface area contributed by atoms with Crippen molar-refractivity contribution in [2.24, 2.45) is 5.73 Å². The Morgan fingerprint density at radius 3 is 2.48 bits per heavy atom. The summed E-state index contributed by atoms with van der Waals surface area (Å²) >= 11 is 0. The molecule has 0 amide bonds. The van der Waals surface area contributed by atoms with E-state index in [0.717, 1.165) is 22.4 Å². The third-order valence-corrected chi connectivity index (χ3v) is 4.25. The summed E-state index contributed by atoms with van der Waals surface area (Å²) in [5, 5.41) is 9.08. The fraction of sp³-hybridized carbons (Fsp3) is 0.333. The molecular formula is C18H20F2N2O. The van der Waals surface area contributed by atoms with Gasteiger partial charge in [-0.3, -0.25) is 0 Å². The van der Waals surface area contributed by atoms with Crippen LogP contribution in [-0.2, 0) is 0 Å². The van der Waals surface area contributed by atoms with Gasteiger partial charge in [-0.15, -0.1) is 0 Å². The first-order valence-corrected chi connectivity index (χ1v) is 7.68. The first-order chi connectivity index (χ1) is 11.0. The first-order valence-electron chi connectivity index (χ1n) is 7.68. The maximum atomic E-state index is 13.4. The second kappa shape index (κ2) is 6.26. The van der Waals surface area contributed by atoms with Crippen molar-refractivity contribution in [3.05, 3.63) is 54.1 Å². The molecule has 5 heteroatoms. The maximum absolute atomic E-state index is 13.4. The summed E-state index contributed by atoms with van der Waals surface area (Å²) < 4.78 is 26.8. The molecule has 3 nitrogen and oxygen atoms in total. The molecule has 1 aliphatic rings. The molecule has 1 atom stereocenters. The second-order valence-electron chi connectivity index (χ2n) is 5.99. The van der Waals surface area contributed by atoms with Gasteiger partial charge in [0.2, 0.25) is 0 Å². The Labute approximate surface area is 134 Å². The molecule has 1 fully saturated rings. The van der Waals surface area contributed by atoms with E-state index in [1.807, 2.05) is 48.5 Å². The fourth-order valence-electron chi connectivity index (χ4n) is 2.87. The van der Waals surface area contributed by atoms with E-state index in [2.05, 4.69) is 0 Å². The van der Waals surface area contributed by atoms with Gasteiger partial charge in [0, 0.05) is 18.7 Å². The predicted octanol–water partition coefficient (Wildman–Crippen LogP) is 3.19. The average molecular weight is 318 g/mol. The van der Waals surface area contributed by atoms with E-state index in [9.17, 15) is 8.78 Å². The average Bonchev–Trinajstić information content (AvgIpc) is 2.94. The molecule has 122 valence electrons. The van der Waals surface area contributed by atoms with E-state index in [1.165, 1.54) is 0 Å². The molecular weight excluding hydrogens is 298 g/mol. The van der Waals surface area contributed by atoms with Gasteiger partial charge in [-0.05, 0) is 28.8 Å². The number of aliphatic hydroxyl groups is 1. The van der Waals surface area contributed by atoms with Crippen molar-refractivity contribution in [3.8, 4) is 11.1 Å². The van der Waals surface area contributed by atoms with Gasteiger partial charge in [-0.25, -0.2) is 8.78 Å². The predicted molar refractivity (Wildman–Crippen MR) is 87.7 cm³/mol. The Hall–Kier alpha value is -1.98. The van der Waals surface area contributed by atoms with Gasteiger partial charge in [-0.2, -0.15) is 0 Å². The lowest BCUT2D eigenvalue weighted by Gasteiger charge is -2.19. The van der Waals surface area contributed by atoms with E-state index in [-0.39, 0.29) is 25.6 Å². The fourth-order valence-corrected chi connectivity index (χ4v) is 2.87. The van der Waals surface area contributed by atoms with Gasteiger partial charge in [0.05, 0.1) is 19.2 Å². The van der Waals surface area contributed by atoms with Gasteiger partial charge in [0.25, 0.3) is 5.92 Å². The van der Waals surface area contributed by atoms with E-state index < -0.39 is 5.92 Å². The molecule has 1 saturated heterocycles. The standard InChI is InChI=1S/C18H20F2N2O/c19-18(20)8-9-22(12-18)16-3-1-2-15(10-16)13-4-6-14(7-5-13)17(21)11-23/h1-7,10,17,23H,8-9,11-12,21H2. The topological polar surface area (TPSA) is 49.5 Å².